The number of nitrogens with zero attached hydrogens (tertiary/aromatic N) is 1. The number of hydrogen-bond acceptors (Lipinski definition) is 5. The molecule has 1 heterocycles. The van der Waals surface area contributed by atoms with Crippen LogP contribution in [0.25, 0.3) is 0 Å². The minimum Gasteiger partial charge on any atom is -0.481 e. The molecule has 3 N–H and O–H groups in total. The van der Waals surface area contributed by atoms with Gasteiger partial charge in [-0.05, 0) is 71.1 Å². The first-order chi connectivity index (χ1) is 15.9. The minimum absolute atomic E-state index is 0.0119. The molecule has 1 aliphatic carbocycles. The van der Waals surface area contributed by atoms with Crippen LogP contribution >= 0.6 is 0 Å². The molecule has 0 aromatic heterocycles. The lowest BCUT2D eigenvalue weighted by Crippen LogP contribution is -2.54. The summed E-state index contributed by atoms with van der Waals surface area (Å²) < 4.78 is 5.34. The van der Waals surface area contributed by atoms with E-state index >= 15 is 0 Å². The summed E-state index contributed by atoms with van der Waals surface area (Å²) in [6.45, 7) is 10.8. The van der Waals surface area contributed by atoms with Gasteiger partial charge in [0.2, 0.25) is 11.8 Å². The maximum absolute atomic E-state index is 13.2. The SMILES string of the molecule is CCC(C)C(NC(=O)OC(C)(C)C)C(=O)N1CCC(C(=O)NCC2CCC(C(=O)O)CC2)CC1. The molecule has 1 saturated carbocycles. The molecule has 3 amide bonds. The van der Waals surface area contributed by atoms with Crippen molar-refractivity contribution >= 4 is 23.9 Å². The van der Waals surface area contributed by atoms with Crippen molar-refractivity contribution in [2.45, 2.75) is 91.2 Å². The number of nitrogens with one attached hydrogen (secondary N) is 2. The number of aliphatic carboxylic acids is 1. The standard InChI is InChI=1S/C25H43N3O6/c1-6-16(2)20(27-24(33)34-25(3,4)5)22(30)28-13-11-18(12-14-28)21(29)26-15-17-7-9-19(10-8-17)23(31)32/h16-20H,6-15H2,1-5H3,(H,26,29)(H,27,33)(H,31,32). The predicted octanol–water partition coefficient (Wildman–Crippen LogP) is 3.17. The Morgan fingerprint density at radius 1 is 1.00 bits per heavy atom. The van der Waals surface area contributed by atoms with Gasteiger partial charge in [-0.2, -0.15) is 0 Å². The first-order valence-corrected chi connectivity index (χ1v) is 12.7. The number of hydrogen-bond donors (Lipinski definition) is 3. The van der Waals surface area contributed by atoms with Crippen molar-refractivity contribution in [2.75, 3.05) is 19.6 Å². The zero-order chi connectivity index (χ0) is 25.5. The van der Waals surface area contributed by atoms with Gasteiger partial charge in [-0.3, -0.25) is 14.4 Å². The maximum Gasteiger partial charge on any atom is 0.408 e. The number of amides is 3. The number of ether oxygens (including phenoxy) is 1. The first kappa shape index (κ1) is 27.9. The topological polar surface area (TPSA) is 125 Å². The second kappa shape index (κ2) is 12.4. The molecular formula is C25H43N3O6. The third-order valence-corrected chi connectivity index (χ3v) is 7.09. The molecule has 2 unspecified atom stereocenters. The third kappa shape index (κ3) is 8.47. The summed E-state index contributed by atoms with van der Waals surface area (Å²) in [6, 6.07) is -0.661. The highest BCUT2D eigenvalue weighted by Crippen LogP contribution is 2.29. The third-order valence-electron chi connectivity index (χ3n) is 7.09. The van der Waals surface area contributed by atoms with E-state index in [-0.39, 0.29) is 29.6 Å². The molecule has 2 rings (SSSR count). The Bertz CT molecular complexity index is 719. The highest BCUT2D eigenvalue weighted by Gasteiger charge is 2.35. The number of piperidine rings is 1. The number of carboxylic acids is 1. The monoisotopic (exact) mass is 481 g/mol. The summed E-state index contributed by atoms with van der Waals surface area (Å²) in [7, 11) is 0. The number of carbonyl (C=O) groups is 4. The van der Waals surface area contributed by atoms with Crippen LogP contribution < -0.4 is 10.6 Å². The van der Waals surface area contributed by atoms with Gasteiger partial charge in [0.1, 0.15) is 11.6 Å². The van der Waals surface area contributed by atoms with Gasteiger partial charge in [0.25, 0.3) is 0 Å². The van der Waals surface area contributed by atoms with Gasteiger partial charge in [0, 0.05) is 25.6 Å². The molecule has 194 valence electrons. The first-order valence-electron chi connectivity index (χ1n) is 12.7. The summed E-state index contributed by atoms with van der Waals surface area (Å²) in [4.78, 5) is 51.0. The largest absolute Gasteiger partial charge is 0.481 e. The van der Waals surface area contributed by atoms with E-state index in [1.54, 1.807) is 25.7 Å². The zero-order valence-electron chi connectivity index (χ0n) is 21.4. The molecule has 34 heavy (non-hydrogen) atoms. The van der Waals surface area contributed by atoms with Gasteiger partial charge in [-0.1, -0.05) is 20.3 Å². The molecule has 0 aromatic rings. The number of carboxylic acid groups (broad SMARTS) is 1. The van der Waals surface area contributed by atoms with Crippen molar-refractivity contribution in [2.24, 2.45) is 23.7 Å². The Morgan fingerprint density at radius 3 is 2.09 bits per heavy atom. The lowest BCUT2D eigenvalue weighted by molar-refractivity contribution is -0.143. The molecule has 0 bridgehead atoms. The van der Waals surface area contributed by atoms with Crippen molar-refractivity contribution in [3.63, 3.8) is 0 Å². The number of carbonyl (C=O) groups excluding carboxylic acids is 3. The maximum atomic E-state index is 13.2. The highest BCUT2D eigenvalue weighted by molar-refractivity contribution is 5.86. The Labute approximate surface area is 203 Å². The molecular weight excluding hydrogens is 438 g/mol. The van der Waals surface area contributed by atoms with E-state index in [2.05, 4.69) is 10.6 Å². The van der Waals surface area contributed by atoms with Crippen LogP contribution in [0.3, 0.4) is 0 Å². The lowest BCUT2D eigenvalue weighted by atomic mass is 9.82. The van der Waals surface area contributed by atoms with E-state index in [4.69, 9.17) is 9.84 Å². The smallest absolute Gasteiger partial charge is 0.408 e. The van der Waals surface area contributed by atoms with Crippen LogP contribution in [0, 0.1) is 23.7 Å². The van der Waals surface area contributed by atoms with Gasteiger partial charge in [-0.15, -0.1) is 0 Å². The molecule has 9 heteroatoms. The average Bonchev–Trinajstić information content (AvgIpc) is 2.79. The average molecular weight is 482 g/mol. The Kier molecular flexibility index (Phi) is 10.2. The lowest BCUT2D eigenvalue weighted by Gasteiger charge is -2.36. The van der Waals surface area contributed by atoms with Crippen molar-refractivity contribution in [1.29, 1.82) is 0 Å². The Hall–Kier alpha value is -2.32. The van der Waals surface area contributed by atoms with E-state index in [0.29, 0.717) is 51.2 Å². The van der Waals surface area contributed by atoms with Crippen molar-refractivity contribution < 1.29 is 29.0 Å². The van der Waals surface area contributed by atoms with Crippen LogP contribution in [-0.4, -0.2) is 65.2 Å². The van der Waals surface area contributed by atoms with Gasteiger partial charge < -0.3 is 25.4 Å². The molecule has 9 nitrogen and oxygen atoms in total. The van der Waals surface area contributed by atoms with Crippen LogP contribution in [0.1, 0.15) is 79.6 Å². The fraction of sp³-hybridized carbons (Fsp3) is 0.840. The van der Waals surface area contributed by atoms with Crippen molar-refractivity contribution in [3.8, 4) is 0 Å². The van der Waals surface area contributed by atoms with Crippen LogP contribution in [0.4, 0.5) is 4.79 Å². The Morgan fingerprint density at radius 2 is 1.59 bits per heavy atom. The molecule has 0 radical (unpaired) electrons. The van der Waals surface area contributed by atoms with E-state index in [0.717, 1.165) is 19.3 Å². The molecule has 2 fully saturated rings. The molecule has 1 aliphatic heterocycles. The molecule has 0 aromatic carbocycles. The van der Waals surface area contributed by atoms with Crippen LogP contribution in [0.5, 0.6) is 0 Å². The minimum atomic E-state index is -0.722. The second-order valence-electron chi connectivity index (χ2n) is 10.9. The number of rotatable bonds is 8. The van der Waals surface area contributed by atoms with Gasteiger partial charge in [0.15, 0.2) is 0 Å². The van der Waals surface area contributed by atoms with E-state index in [9.17, 15) is 19.2 Å². The van der Waals surface area contributed by atoms with E-state index in [1.165, 1.54) is 0 Å². The second-order valence-corrected chi connectivity index (χ2v) is 10.9. The fourth-order valence-corrected chi connectivity index (χ4v) is 4.68. The Balaban J connectivity index is 1.81. The van der Waals surface area contributed by atoms with Gasteiger partial charge in [-0.25, -0.2) is 4.79 Å². The summed E-state index contributed by atoms with van der Waals surface area (Å²) in [5.41, 5.74) is -0.644. The summed E-state index contributed by atoms with van der Waals surface area (Å²) in [6.07, 6.45) is 4.30. The molecule has 2 atom stereocenters. The van der Waals surface area contributed by atoms with Crippen LogP contribution in [0.2, 0.25) is 0 Å². The molecule has 0 spiro atoms. The van der Waals surface area contributed by atoms with Crippen LogP contribution in [-0.2, 0) is 19.1 Å². The normalized spacial score (nSPS) is 23.5. The number of alkyl carbamates (subject to hydrolysis) is 1. The van der Waals surface area contributed by atoms with Crippen LogP contribution in [0.15, 0.2) is 0 Å². The number of likely N-dealkylation sites (tertiary alicyclic amines) is 1. The van der Waals surface area contributed by atoms with Gasteiger partial charge in [0.05, 0.1) is 5.92 Å². The van der Waals surface area contributed by atoms with E-state index in [1.807, 2.05) is 13.8 Å². The summed E-state index contributed by atoms with van der Waals surface area (Å²) >= 11 is 0. The summed E-state index contributed by atoms with van der Waals surface area (Å²) in [5.74, 6) is -0.945. The molecule has 1 saturated heterocycles. The van der Waals surface area contributed by atoms with Gasteiger partial charge >= 0.3 is 12.1 Å². The summed E-state index contributed by atoms with van der Waals surface area (Å²) in [5, 5.41) is 14.9. The van der Waals surface area contributed by atoms with Crippen molar-refractivity contribution in [1.82, 2.24) is 15.5 Å². The quantitative estimate of drug-likeness (QED) is 0.489. The van der Waals surface area contributed by atoms with Crippen molar-refractivity contribution in [3.05, 3.63) is 0 Å². The highest BCUT2D eigenvalue weighted by atomic mass is 16.6. The fourth-order valence-electron chi connectivity index (χ4n) is 4.68. The van der Waals surface area contributed by atoms with E-state index < -0.39 is 23.7 Å². The zero-order valence-corrected chi connectivity index (χ0v) is 21.4. The molecule has 2 aliphatic rings. The predicted molar refractivity (Wildman–Crippen MR) is 128 cm³/mol.